The zero-order chi connectivity index (χ0) is 24.6. The molecule has 1 aromatic heterocycles. The highest BCUT2D eigenvalue weighted by Crippen LogP contribution is 2.35. The van der Waals surface area contributed by atoms with Crippen LogP contribution in [0.4, 0.5) is 5.69 Å². The topological polar surface area (TPSA) is 114 Å². The van der Waals surface area contributed by atoms with Gasteiger partial charge < -0.3 is 25.3 Å². The molecule has 0 aliphatic carbocycles. The predicted molar refractivity (Wildman–Crippen MR) is 133 cm³/mol. The maximum absolute atomic E-state index is 12.7. The number of hydrogen-bond donors (Lipinski definition) is 4. The fraction of sp³-hybridized carbons (Fsp3) is 0.381. The molecule has 2 bridgehead atoms. The van der Waals surface area contributed by atoms with Crippen LogP contribution in [0, 0.1) is 11.1 Å². The van der Waals surface area contributed by atoms with Crippen LogP contribution in [0.2, 0.25) is 0 Å². The first-order chi connectivity index (χ1) is 16.0. The zero-order valence-electron chi connectivity index (χ0n) is 17.7. The second-order valence-electron chi connectivity index (χ2n) is 8.38. The SMILES string of the molecule is O=C(NC(NC(=S)N1C[C@@H]2C[C@H](C1)c1cccc(=O)n1C2)C(Cl)(Cl)Cl)c1ccc([NH+]([O-])O)cc1. The van der Waals surface area contributed by atoms with Crippen LogP contribution in [0.3, 0.4) is 0 Å². The van der Waals surface area contributed by atoms with Crippen LogP contribution in [-0.2, 0) is 6.54 Å². The van der Waals surface area contributed by atoms with Crippen LogP contribution in [0.5, 0.6) is 0 Å². The van der Waals surface area contributed by atoms with Crippen LogP contribution >= 0.6 is 47.0 Å². The molecule has 2 aromatic rings. The predicted octanol–water partition coefficient (Wildman–Crippen LogP) is 1.67. The van der Waals surface area contributed by atoms with Crippen molar-refractivity contribution in [1.82, 2.24) is 20.1 Å². The van der Waals surface area contributed by atoms with E-state index in [2.05, 4.69) is 10.6 Å². The second-order valence-corrected chi connectivity index (χ2v) is 11.1. The first-order valence-corrected chi connectivity index (χ1v) is 12.0. The molecule has 1 amide bonds. The molecule has 0 radical (unpaired) electrons. The highest BCUT2D eigenvalue weighted by Gasteiger charge is 2.39. The van der Waals surface area contributed by atoms with Gasteiger partial charge in [-0.15, -0.1) is 0 Å². The van der Waals surface area contributed by atoms with Gasteiger partial charge in [0, 0.05) is 55.0 Å². The lowest BCUT2D eigenvalue weighted by molar-refractivity contribution is -0.991. The molecule has 2 unspecified atom stereocenters. The fourth-order valence-corrected chi connectivity index (χ4v) is 5.05. The van der Waals surface area contributed by atoms with Crippen molar-refractivity contribution in [2.45, 2.75) is 28.8 Å². The molecule has 4 rings (SSSR count). The third kappa shape index (κ3) is 5.49. The highest BCUT2D eigenvalue weighted by molar-refractivity contribution is 7.80. The Morgan fingerprint density at radius 1 is 1.15 bits per heavy atom. The molecule has 1 fully saturated rings. The number of carbonyl (C=O) groups is 1. The number of thiocarbonyl (C=S) groups is 1. The number of aromatic nitrogens is 1. The van der Waals surface area contributed by atoms with Crippen molar-refractivity contribution in [3.05, 3.63) is 69.3 Å². The number of fused-ring (bicyclic) bond motifs is 4. The molecule has 0 saturated carbocycles. The number of quaternary nitrogens is 1. The van der Waals surface area contributed by atoms with Crippen LogP contribution in [0.25, 0.3) is 0 Å². The number of rotatable bonds is 4. The number of nitrogens with one attached hydrogen (secondary N) is 3. The van der Waals surface area contributed by atoms with Gasteiger partial charge in [-0.05, 0) is 42.8 Å². The van der Waals surface area contributed by atoms with E-state index in [1.54, 1.807) is 12.1 Å². The monoisotopic (exact) mass is 545 g/mol. The normalized spacial score (nSPS) is 21.3. The van der Waals surface area contributed by atoms with E-state index >= 15 is 0 Å². The van der Waals surface area contributed by atoms with E-state index in [4.69, 9.17) is 52.2 Å². The number of piperidine rings is 1. The first kappa shape index (κ1) is 25.2. The Morgan fingerprint density at radius 3 is 2.50 bits per heavy atom. The first-order valence-electron chi connectivity index (χ1n) is 10.5. The van der Waals surface area contributed by atoms with Gasteiger partial charge in [-0.25, -0.2) is 5.21 Å². The smallest absolute Gasteiger partial charge is 0.252 e. The number of nitrogens with zero attached hydrogens (tertiary/aromatic N) is 2. The summed E-state index contributed by atoms with van der Waals surface area (Å²) < 4.78 is -0.0983. The van der Waals surface area contributed by atoms with E-state index < -0.39 is 21.1 Å². The molecule has 2 aliphatic heterocycles. The molecule has 1 aromatic carbocycles. The summed E-state index contributed by atoms with van der Waals surface area (Å²) in [4.78, 5) is 26.9. The minimum absolute atomic E-state index is 0.00304. The van der Waals surface area contributed by atoms with E-state index in [0.717, 1.165) is 12.1 Å². The van der Waals surface area contributed by atoms with Crippen molar-refractivity contribution in [3.63, 3.8) is 0 Å². The lowest BCUT2D eigenvalue weighted by Crippen LogP contribution is -2.99. The van der Waals surface area contributed by atoms with Crippen molar-refractivity contribution in [3.8, 4) is 0 Å². The molecule has 2 aliphatic rings. The maximum atomic E-state index is 12.7. The van der Waals surface area contributed by atoms with Gasteiger partial charge in [-0.2, -0.15) is 5.23 Å². The Labute approximate surface area is 215 Å². The third-order valence-electron chi connectivity index (χ3n) is 6.03. The van der Waals surface area contributed by atoms with Crippen molar-refractivity contribution in [2.24, 2.45) is 5.92 Å². The largest absolute Gasteiger partial charge is 0.595 e. The number of amides is 1. The number of alkyl halides is 3. The third-order valence-corrected chi connectivity index (χ3v) is 7.06. The Kier molecular flexibility index (Phi) is 7.39. The lowest BCUT2D eigenvalue weighted by Gasteiger charge is -2.44. The number of hydrogen-bond acceptors (Lipinski definition) is 5. The van der Waals surface area contributed by atoms with Gasteiger partial charge in [0.1, 0.15) is 6.17 Å². The quantitative estimate of drug-likeness (QED) is 0.200. The van der Waals surface area contributed by atoms with E-state index in [9.17, 15) is 14.8 Å². The molecule has 3 heterocycles. The summed E-state index contributed by atoms with van der Waals surface area (Å²) >= 11 is 24.0. The molecule has 4 N–H and O–H groups in total. The summed E-state index contributed by atoms with van der Waals surface area (Å²) in [7, 11) is 0. The van der Waals surface area contributed by atoms with Gasteiger partial charge in [0.2, 0.25) is 3.79 Å². The van der Waals surface area contributed by atoms with Crippen molar-refractivity contribution < 1.29 is 15.2 Å². The van der Waals surface area contributed by atoms with E-state index in [1.807, 2.05) is 15.5 Å². The minimum Gasteiger partial charge on any atom is -0.595 e. The molecule has 9 nitrogen and oxygen atoms in total. The molecule has 34 heavy (non-hydrogen) atoms. The standard InChI is InChI=1S/C21H22Cl3N5O4S/c22-21(23,24)19(25-18(31)13-4-6-15(7-5-13)29(32)33)26-20(34)27-9-12-8-14(11-27)16-2-1-3-17(30)28(16)10-12/h1-7,12,14,19,29,32H,8-11H2,(H,25,31)(H,26,34)/t12-,14+,19?/m0/s1. The number of carbonyl (C=O) groups excluding carboxylic acids is 1. The van der Waals surface area contributed by atoms with Crippen molar-refractivity contribution in [1.29, 1.82) is 0 Å². The van der Waals surface area contributed by atoms with E-state index in [-0.39, 0.29) is 28.6 Å². The number of pyridine rings is 1. The second kappa shape index (κ2) is 9.98. The van der Waals surface area contributed by atoms with Gasteiger partial charge in [0.25, 0.3) is 11.5 Å². The van der Waals surface area contributed by atoms with Gasteiger partial charge in [-0.3, -0.25) is 9.59 Å². The fourth-order valence-electron chi connectivity index (χ4n) is 4.46. The van der Waals surface area contributed by atoms with Gasteiger partial charge in [-0.1, -0.05) is 40.9 Å². The highest BCUT2D eigenvalue weighted by atomic mass is 35.6. The average molecular weight is 547 g/mol. The summed E-state index contributed by atoms with van der Waals surface area (Å²) in [6, 6.07) is 10.7. The summed E-state index contributed by atoms with van der Waals surface area (Å²) in [6.45, 7) is 1.82. The Balaban J connectivity index is 1.45. The molecular weight excluding hydrogens is 525 g/mol. The van der Waals surface area contributed by atoms with E-state index in [0.29, 0.717) is 24.7 Å². The zero-order valence-corrected chi connectivity index (χ0v) is 20.8. The molecule has 1 saturated heterocycles. The van der Waals surface area contributed by atoms with Crippen molar-refractivity contribution >= 4 is 63.7 Å². The maximum Gasteiger partial charge on any atom is 0.252 e. The van der Waals surface area contributed by atoms with Crippen LogP contribution in [0.1, 0.15) is 28.4 Å². The van der Waals surface area contributed by atoms with E-state index in [1.165, 1.54) is 24.3 Å². The molecule has 4 atom stereocenters. The Bertz CT molecular complexity index is 1140. The average Bonchev–Trinajstić information content (AvgIpc) is 2.78. The van der Waals surface area contributed by atoms with Crippen molar-refractivity contribution in [2.75, 3.05) is 13.1 Å². The molecule has 0 spiro atoms. The van der Waals surface area contributed by atoms with Gasteiger partial charge >= 0.3 is 0 Å². The minimum atomic E-state index is -1.92. The molecule has 13 heteroatoms. The van der Waals surface area contributed by atoms with Crippen LogP contribution in [0.15, 0.2) is 47.3 Å². The summed E-state index contributed by atoms with van der Waals surface area (Å²) in [5.41, 5.74) is 1.23. The molecule has 182 valence electrons. The number of benzene rings is 1. The summed E-state index contributed by atoms with van der Waals surface area (Å²) in [5.74, 6) is -0.193. The number of likely N-dealkylation sites (tertiary alicyclic amines) is 1. The van der Waals surface area contributed by atoms with Crippen LogP contribution < -0.4 is 21.4 Å². The number of halogens is 3. The lowest BCUT2D eigenvalue weighted by atomic mass is 9.83. The van der Waals surface area contributed by atoms with Crippen LogP contribution in [-0.4, -0.2) is 48.7 Å². The summed E-state index contributed by atoms with van der Waals surface area (Å²) in [6.07, 6.45) is -0.187. The Hall–Kier alpha value is -1.92. The summed E-state index contributed by atoms with van der Waals surface area (Å²) in [5, 5.41) is 24.8. The Morgan fingerprint density at radius 2 is 1.85 bits per heavy atom. The van der Waals surface area contributed by atoms with Gasteiger partial charge in [0.05, 0.1) is 0 Å². The molecular formula is C21H22Cl3N5O4S. The van der Waals surface area contributed by atoms with Gasteiger partial charge in [0.15, 0.2) is 10.8 Å².